The Kier molecular flexibility index (Phi) is 6.12. The second-order valence-electron chi connectivity index (χ2n) is 5.39. The lowest BCUT2D eigenvalue weighted by atomic mass is 10.1. The molecule has 0 aliphatic heterocycles. The molecule has 17 heavy (non-hydrogen) atoms. The lowest BCUT2D eigenvalue weighted by Gasteiger charge is -2.20. The van der Waals surface area contributed by atoms with Crippen LogP contribution in [0, 0.1) is 0 Å². The zero-order valence-corrected chi connectivity index (χ0v) is 12.1. The quantitative estimate of drug-likeness (QED) is 0.677. The first-order chi connectivity index (χ1) is 7.54. The molecule has 0 spiro atoms. The van der Waals surface area contributed by atoms with Crippen LogP contribution in [0.5, 0.6) is 0 Å². The summed E-state index contributed by atoms with van der Waals surface area (Å²) in [4.78, 5) is 11.4. The van der Waals surface area contributed by atoms with Crippen LogP contribution in [-0.2, 0) is 14.6 Å². The fourth-order valence-corrected chi connectivity index (χ4v) is 2.01. The molecule has 0 bridgehead atoms. The molecule has 0 saturated heterocycles. The Balaban J connectivity index is 3.84. The predicted molar refractivity (Wildman–Crippen MR) is 69.7 cm³/mol. The highest BCUT2D eigenvalue weighted by Gasteiger charge is 2.16. The Morgan fingerprint density at radius 2 is 1.76 bits per heavy atom. The summed E-state index contributed by atoms with van der Waals surface area (Å²) in [7, 11) is -3.03. The number of hydrogen-bond donors (Lipinski definition) is 2. The van der Waals surface area contributed by atoms with Crippen LogP contribution >= 0.6 is 0 Å². The SMILES string of the molecule is CC(C)S(=O)(=O)CCNCC(=O)NC(C)(C)C. The van der Waals surface area contributed by atoms with E-state index in [0.717, 1.165) is 0 Å². The zero-order chi connectivity index (χ0) is 13.7. The molecular weight excluding hydrogens is 240 g/mol. The van der Waals surface area contributed by atoms with E-state index in [1.54, 1.807) is 13.8 Å². The van der Waals surface area contributed by atoms with Crippen molar-refractivity contribution in [2.45, 2.75) is 45.4 Å². The van der Waals surface area contributed by atoms with Gasteiger partial charge in [-0.25, -0.2) is 8.42 Å². The Labute approximate surface area is 104 Å². The Hall–Kier alpha value is -0.620. The molecule has 0 aromatic carbocycles. The predicted octanol–water partition coefficient (Wildman–Crippen LogP) is 0.314. The van der Waals surface area contributed by atoms with Crippen LogP contribution in [0.3, 0.4) is 0 Å². The van der Waals surface area contributed by atoms with Crippen LogP contribution < -0.4 is 10.6 Å². The van der Waals surface area contributed by atoms with Gasteiger partial charge in [0.1, 0.15) is 0 Å². The van der Waals surface area contributed by atoms with Gasteiger partial charge in [-0.3, -0.25) is 4.79 Å². The van der Waals surface area contributed by atoms with Crippen molar-refractivity contribution in [3.63, 3.8) is 0 Å². The van der Waals surface area contributed by atoms with Crippen molar-refractivity contribution in [3.05, 3.63) is 0 Å². The van der Waals surface area contributed by atoms with Crippen molar-refractivity contribution in [1.29, 1.82) is 0 Å². The van der Waals surface area contributed by atoms with Crippen LogP contribution in [0.4, 0.5) is 0 Å². The average Bonchev–Trinajstić information content (AvgIpc) is 2.09. The second-order valence-corrected chi connectivity index (χ2v) is 8.07. The van der Waals surface area contributed by atoms with Gasteiger partial charge in [0.05, 0.1) is 17.5 Å². The molecule has 6 heteroatoms. The third-order valence-electron chi connectivity index (χ3n) is 2.08. The maximum absolute atomic E-state index is 11.5. The van der Waals surface area contributed by atoms with E-state index in [-0.39, 0.29) is 29.0 Å². The Bertz CT molecular complexity index is 342. The molecule has 0 atom stereocenters. The smallest absolute Gasteiger partial charge is 0.234 e. The molecule has 2 N–H and O–H groups in total. The third kappa shape index (κ3) is 8.15. The molecule has 102 valence electrons. The van der Waals surface area contributed by atoms with Crippen LogP contribution in [-0.4, -0.2) is 44.0 Å². The molecule has 0 fully saturated rings. The molecule has 0 aliphatic rings. The number of rotatable bonds is 6. The molecule has 0 radical (unpaired) electrons. The number of hydrogen-bond acceptors (Lipinski definition) is 4. The molecule has 0 aromatic rings. The lowest BCUT2D eigenvalue weighted by Crippen LogP contribution is -2.45. The summed E-state index contributed by atoms with van der Waals surface area (Å²) in [6.07, 6.45) is 0. The van der Waals surface area contributed by atoms with Gasteiger partial charge in [-0.2, -0.15) is 0 Å². The van der Waals surface area contributed by atoms with Crippen LogP contribution in [0.1, 0.15) is 34.6 Å². The molecule has 0 rings (SSSR count). The largest absolute Gasteiger partial charge is 0.350 e. The standard InChI is InChI=1S/C11H24N2O3S/c1-9(2)17(15,16)7-6-12-8-10(14)13-11(3,4)5/h9,12H,6-8H2,1-5H3,(H,13,14). The van der Waals surface area contributed by atoms with Crippen LogP contribution in [0.15, 0.2) is 0 Å². The fourth-order valence-electron chi connectivity index (χ4n) is 1.11. The molecule has 0 aliphatic carbocycles. The summed E-state index contributed by atoms with van der Waals surface area (Å²) < 4.78 is 22.9. The van der Waals surface area contributed by atoms with Crippen molar-refractivity contribution >= 4 is 15.7 Å². The molecule has 0 heterocycles. The average molecular weight is 264 g/mol. The zero-order valence-electron chi connectivity index (χ0n) is 11.3. The monoisotopic (exact) mass is 264 g/mol. The van der Waals surface area contributed by atoms with E-state index in [1.807, 2.05) is 20.8 Å². The maximum Gasteiger partial charge on any atom is 0.234 e. The summed E-state index contributed by atoms with van der Waals surface area (Å²) in [5, 5.41) is 5.25. The van der Waals surface area contributed by atoms with Gasteiger partial charge in [-0.05, 0) is 34.6 Å². The van der Waals surface area contributed by atoms with Gasteiger partial charge in [0.25, 0.3) is 0 Å². The topological polar surface area (TPSA) is 75.3 Å². The van der Waals surface area contributed by atoms with Crippen LogP contribution in [0.2, 0.25) is 0 Å². The number of nitrogens with one attached hydrogen (secondary N) is 2. The van der Waals surface area contributed by atoms with E-state index >= 15 is 0 Å². The van der Waals surface area contributed by atoms with Gasteiger partial charge < -0.3 is 10.6 Å². The minimum absolute atomic E-state index is 0.0630. The van der Waals surface area contributed by atoms with E-state index in [1.165, 1.54) is 0 Å². The van der Waals surface area contributed by atoms with Crippen molar-refractivity contribution in [1.82, 2.24) is 10.6 Å². The highest BCUT2D eigenvalue weighted by atomic mass is 32.2. The fraction of sp³-hybridized carbons (Fsp3) is 0.909. The van der Waals surface area contributed by atoms with Gasteiger partial charge in [0.15, 0.2) is 9.84 Å². The second kappa shape index (κ2) is 6.35. The summed E-state index contributed by atoms with van der Waals surface area (Å²) in [5.74, 6) is -0.0626. The van der Waals surface area contributed by atoms with E-state index < -0.39 is 9.84 Å². The first kappa shape index (κ1) is 16.4. The minimum Gasteiger partial charge on any atom is -0.350 e. The van der Waals surface area contributed by atoms with Crippen molar-refractivity contribution in [2.24, 2.45) is 0 Å². The minimum atomic E-state index is -3.03. The number of sulfone groups is 1. The Morgan fingerprint density at radius 3 is 2.18 bits per heavy atom. The molecule has 0 saturated carbocycles. The Morgan fingerprint density at radius 1 is 1.24 bits per heavy atom. The van der Waals surface area contributed by atoms with E-state index in [4.69, 9.17) is 0 Å². The first-order valence-electron chi connectivity index (χ1n) is 5.78. The molecule has 1 amide bonds. The lowest BCUT2D eigenvalue weighted by molar-refractivity contribution is -0.121. The summed E-state index contributed by atoms with van der Waals surface area (Å²) in [6, 6.07) is 0. The maximum atomic E-state index is 11.5. The summed E-state index contributed by atoms with van der Waals surface area (Å²) in [5.41, 5.74) is -0.261. The van der Waals surface area contributed by atoms with E-state index in [9.17, 15) is 13.2 Å². The van der Waals surface area contributed by atoms with Crippen molar-refractivity contribution in [2.75, 3.05) is 18.8 Å². The molecule has 0 unspecified atom stereocenters. The van der Waals surface area contributed by atoms with Crippen molar-refractivity contribution < 1.29 is 13.2 Å². The molecule has 5 nitrogen and oxygen atoms in total. The highest BCUT2D eigenvalue weighted by molar-refractivity contribution is 7.92. The van der Waals surface area contributed by atoms with Gasteiger partial charge in [-0.1, -0.05) is 0 Å². The van der Waals surface area contributed by atoms with Crippen LogP contribution in [0.25, 0.3) is 0 Å². The summed E-state index contributed by atoms with van der Waals surface area (Å²) >= 11 is 0. The van der Waals surface area contributed by atoms with Gasteiger partial charge >= 0.3 is 0 Å². The normalized spacial score (nSPS) is 12.8. The summed E-state index contributed by atoms with van der Waals surface area (Å²) in [6.45, 7) is 9.45. The number of amides is 1. The van der Waals surface area contributed by atoms with Gasteiger partial charge in [-0.15, -0.1) is 0 Å². The van der Waals surface area contributed by atoms with Gasteiger partial charge in [0.2, 0.25) is 5.91 Å². The van der Waals surface area contributed by atoms with E-state index in [2.05, 4.69) is 10.6 Å². The van der Waals surface area contributed by atoms with Crippen molar-refractivity contribution in [3.8, 4) is 0 Å². The highest BCUT2D eigenvalue weighted by Crippen LogP contribution is 1.99. The molecular formula is C11H24N2O3S. The number of carbonyl (C=O) groups excluding carboxylic acids is 1. The number of carbonyl (C=O) groups is 1. The van der Waals surface area contributed by atoms with E-state index in [0.29, 0.717) is 6.54 Å². The third-order valence-corrected chi connectivity index (χ3v) is 4.29. The first-order valence-corrected chi connectivity index (χ1v) is 7.49. The van der Waals surface area contributed by atoms with Gasteiger partial charge in [0, 0.05) is 12.1 Å². The molecule has 0 aromatic heterocycles.